The van der Waals surface area contributed by atoms with Gasteiger partial charge in [0.15, 0.2) is 0 Å². The maximum atomic E-state index is 6.16. The first-order chi connectivity index (χ1) is 8.22. The Kier molecular flexibility index (Phi) is 3.74. The zero-order valence-corrected chi connectivity index (χ0v) is 10.3. The molecule has 4 nitrogen and oxygen atoms in total. The standard InChI is InChI=1S/C13H19N3O/c1-9-7-11(10-3-5-15-6-4-10)8-12(14)13(9)16-17-2/h3-6,9,11-12H,7-8,14H2,1-2H3/b16-13+/t9-,11+,12+/m0/s1. The van der Waals surface area contributed by atoms with Gasteiger partial charge in [-0.2, -0.15) is 0 Å². The van der Waals surface area contributed by atoms with E-state index in [4.69, 9.17) is 10.6 Å². The average molecular weight is 233 g/mol. The number of rotatable bonds is 2. The Morgan fingerprint density at radius 2 is 2.06 bits per heavy atom. The quantitative estimate of drug-likeness (QED) is 0.794. The third-order valence-electron chi connectivity index (χ3n) is 3.44. The highest BCUT2D eigenvalue weighted by atomic mass is 16.6. The Bertz CT molecular complexity index is 377. The van der Waals surface area contributed by atoms with Crippen molar-refractivity contribution in [3.63, 3.8) is 0 Å². The van der Waals surface area contributed by atoms with E-state index < -0.39 is 0 Å². The van der Waals surface area contributed by atoms with Crippen molar-refractivity contribution in [1.82, 2.24) is 4.98 Å². The lowest BCUT2D eigenvalue weighted by molar-refractivity contribution is 0.207. The van der Waals surface area contributed by atoms with Gasteiger partial charge < -0.3 is 10.6 Å². The van der Waals surface area contributed by atoms with Crippen LogP contribution in [0.5, 0.6) is 0 Å². The van der Waals surface area contributed by atoms with Crippen molar-refractivity contribution in [1.29, 1.82) is 0 Å². The maximum Gasteiger partial charge on any atom is 0.106 e. The minimum atomic E-state index is -0.00290. The zero-order chi connectivity index (χ0) is 12.3. The monoisotopic (exact) mass is 233 g/mol. The SMILES string of the molecule is CO/N=C1/[C@H](N)C[C@H](c2ccncc2)C[C@@H]1C. The molecule has 0 saturated heterocycles. The highest BCUT2D eigenvalue weighted by molar-refractivity contribution is 5.91. The first-order valence-electron chi connectivity index (χ1n) is 5.98. The highest BCUT2D eigenvalue weighted by Crippen LogP contribution is 2.34. The van der Waals surface area contributed by atoms with Gasteiger partial charge in [-0.1, -0.05) is 12.1 Å². The van der Waals surface area contributed by atoms with Gasteiger partial charge in [0.05, 0.1) is 5.71 Å². The summed E-state index contributed by atoms with van der Waals surface area (Å²) in [5.41, 5.74) is 8.46. The van der Waals surface area contributed by atoms with Gasteiger partial charge in [0.1, 0.15) is 7.11 Å². The molecule has 92 valence electrons. The van der Waals surface area contributed by atoms with Gasteiger partial charge in [-0.15, -0.1) is 0 Å². The molecular formula is C13H19N3O. The summed E-state index contributed by atoms with van der Waals surface area (Å²) in [4.78, 5) is 8.91. The van der Waals surface area contributed by atoms with E-state index in [-0.39, 0.29) is 6.04 Å². The third-order valence-corrected chi connectivity index (χ3v) is 3.44. The Morgan fingerprint density at radius 1 is 1.35 bits per heavy atom. The Labute approximate surface area is 102 Å². The minimum Gasteiger partial charge on any atom is -0.399 e. The van der Waals surface area contributed by atoms with E-state index in [9.17, 15) is 0 Å². The Morgan fingerprint density at radius 3 is 2.65 bits per heavy atom. The average Bonchev–Trinajstić information content (AvgIpc) is 2.35. The summed E-state index contributed by atoms with van der Waals surface area (Å²) in [6.07, 6.45) is 5.67. The summed E-state index contributed by atoms with van der Waals surface area (Å²) in [5.74, 6) is 0.871. The molecule has 0 amide bonds. The van der Waals surface area contributed by atoms with Gasteiger partial charge >= 0.3 is 0 Å². The van der Waals surface area contributed by atoms with Gasteiger partial charge in [-0.25, -0.2) is 0 Å². The van der Waals surface area contributed by atoms with Crippen molar-refractivity contribution in [3.8, 4) is 0 Å². The molecule has 2 rings (SSSR count). The molecule has 1 fully saturated rings. The molecule has 0 radical (unpaired) electrons. The summed E-state index contributed by atoms with van der Waals surface area (Å²) >= 11 is 0. The molecule has 2 N–H and O–H groups in total. The van der Waals surface area contributed by atoms with Gasteiger partial charge in [-0.3, -0.25) is 4.98 Å². The number of hydrogen-bond acceptors (Lipinski definition) is 4. The summed E-state index contributed by atoms with van der Waals surface area (Å²) in [7, 11) is 1.57. The number of pyridine rings is 1. The molecule has 1 aliphatic carbocycles. The van der Waals surface area contributed by atoms with Crippen LogP contribution in [-0.4, -0.2) is 23.8 Å². The minimum absolute atomic E-state index is 0.00290. The normalized spacial score (nSPS) is 31.5. The lowest BCUT2D eigenvalue weighted by Crippen LogP contribution is -2.41. The lowest BCUT2D eigenvalue weighted by atomic mass is 9.75. The fourth-order valence-electron chi connectivity index (χ4n) is 2.61. The van der Waals surface area contributed by atoms with Crippen LogP contribution in [0.1, 0.15) is 31.2 Å². The number of nitrogens with two attached hydrogens (primary N) is 1. The van der Waals surface area contributed by atoms with E-state index >= 15 is 0 Å². The second kappa shape index (κ2) is 5.27. The first kappa shape index (κ1) is 12.0. The van der Waals surface area contributed by atoms with Crippen LogP contribution in [0.15, 0.2) is 29.7 Å². The Hall–Kier alpha value is -1.42. The zero-order valence-electron chi connectivity index (χ0n) is 10.3. The van der Waals surface area contributed by atoms with Crippen molar-refractivity contribution in [2.75, 3.05) is 7.11 Å². The summed E-state index contributed by atoms with van der Waals surface area (Å²) in [5, 5.41) is 4.05. The van der Waals surface area contributed by atoms with Crippen LogP contribution in [0, 0.1) is 5.92 Å². The topological polar surface area (TPSA) is 60.5 Å². The van der Waals surface area contributed by atoms with E-state index in [0.29, 0.717) is 11.8 Å². The van der Waals surface area contributed by atoms with E-state index in [1.54, 1.807) is 7.11 Å². The van der Waals surface area contributed by atoms with Crippen LogP contribution in [-0.2, 0) is 4.84 Å². The van der Waals surface area contributed by atoms with E-state index in [2.05, 4.69) is 29.2 Å². The van der Waals surface area contributed by atoms with Crippen molar-refractivity contribution >= 4 is 5.71 Å². The number of hydrogen-bond donors (Lipinski definition) is 1. The molecule has 1 aromatic rings. The first-order valence-corrected chi connectivity index (χ1v) is 5.98. The molecule has 0 bridgehead atoms. The predicted molar refractivity (Wildman–Crippen MR) is 67.8 cm³/mol. The predicted octanol–water partition coefficient (Wildman–Crippen LogP) is 1.92. The van der Waals surface area contributed by atoms with Crippen LogP contribution in [0.3, 0.4) is 0 Å². The van der Waals surface area contributed by atoms with Gasteiger partial charge in [0, 0.05) is 18.4 Å². The molecular weight excluding hydrogens is 214 g/mol. The molecule has 4 heteroatoms. The van der Waals surface area contributed by atoms with Crippen LogP contribution in [0.25, 0.3) is 0 Å². The molecule has 17 heavy (non-hydrogen) atoms. The molecule has 1 aliphatic rings. The van der Waals surface area contributed by atoms with Gasteiger partial charge in [-0.05, 0) is 42.4 Å². The van der Waals surface area contributed by atoms with E-state index in [1.807, 2.05) is 12.4 Å². The fourth-order valence-corrected chi connectivity index (χ4v) is 2.61. The smallest absolute Gasteiger partial charge is 0.106 e. The summed E-state index contributed by atoms with van der Waals surface area (Å²) in [6.45, 7) is 2.16. The molecule has 1 aromatic heterocycles. The fraction of sp³-hybridized carbons (Fsp3) is 0.538. The van der Waals surface area contributed by atoms with Crippen molar-refractivity contribution in [3.05, 3.63) is 30.1 Å². The lowest BCUT2D eigenvalue weighted by Gasteiger charge is -2.32. The van der Waals surface area contributed by atoms with Crippen molar-refractivity contribution in [2.24, 2.45) is 16.8 Å². The molecule has 0 unspecified atom stereocenters. The largest absolute Gasteiger partial charge is 0.399 e. The second-order valence-electron chi connectivity index (χ2n) is 4.66. The van der Waals surface area contributed by atoms with Crippen LogP contribution < -0.4 is 5.73 Å². The number of aromatic nitrogens is 1. The molecule has 0 aromatic carbocycles. The molecule has 1 saturated carbocycles. The number of nitrogens with zero attached hydrogens (tertiary/aromatic N) is 2. The second-order valence-corrected chi connectivity index (χ2v) is 4.66. The number of oxime groups is 1. The van der Waals surface area contributed by atoms with Crippen LogP contribution in [0.2, 0.25) is 0 Å². The summed E-state index contributed by atoms with van der Waals surface area (Å²) in [6, 6.07) is 4.14. The molecule has 0 spiro atoms. The van der Waals surface area contributed by atoms with Crippen molar-refractivity contribution in [2.45, 2.75) is 31.7 Å². The highest BCUT2D eigenvalue weighted by Gasteiger charge is 2.31. The third kappa shape index (κ3) is 2.64. The molecule has 3 atom stereocenters. The van der Waals surface area contributed by atoms with Gasteiger partial charge in [0.2, 0.25) is 0 Å². The van der Waals surface area contributed by atoms with E-state index in [0.717, 1.165) is 18.6 Å². The van der Waals surface area contributed by atoms with Crippen LogP contribution >= 0.6 is 0 Å². The van der Waals surface area contributed by atoms with Crippen molar-refractivity contribution < 1.29 is 4.84 Å². The van der Waals surface area contributed by atoms with Gasteiger partial charge in [0.25, 0.3) is 0 Å². The summed E-state index contributed by atoms with van der Waals surface area (Å²) < 4.78 is 0. The van der Waals surface area contributed by atoms with Crippen LogP contribution in [0.4, 0.5) is 0 Å². The molecule has 0 aliphatic heterocycles. The van der Waals surface area contributed by atoms with E-state index in [1.165, 1.54) is 5.56 Å². The maximum absolute atomic E-state index is 6.16. The Balaban J connectivity index is 2.14. The molecule has 1 heterocycles.